The summed E-state index contributed by atoms with van der Waals surface area (Å²) in [5.41, 5.74) is 2.66. The maximum absolute atomic E-state index is 11.1. The summed E-state index contributed by atoms with van der Waals surface area (Å²) in [5, 5.41) is 9.79. The van der Waals surface area contributed by atoms with Crippen molar-refractivity contribution in [1.82, 2.24) is 0 Å². The fraction of sp³-hybridized carbons (Fsp3) is 0.174. The highest BCUT2D eigenvalue weighted by atomic mass is 35.5. The molecule has 144 valence electrons. The van der Waals surface area contributed by atoms with Crippen molar-refractivity contribution in [3.8, 4) is 28.4 Å². The molecule has 0 spiro atoms. The molecule has 0 unspecified atom stereocenters. The molecule has 4 nitrogen and oxygen atoms in total. The van der Waals surface area contributed by atoms with E-state index in [0.717, 1.165) is 17.5 Å². The van der Waals surface area contributed by atoms with Gasteiger partial charge < -0.3 is 14.6 Å². The van der Waals surface area contributed by atoms with Gasteiger partial charge in [0.15, 0.2) is 0 Å². The Labute approximate surface area is 169 Å². The molecule has 0 aliphatic heterocycles. The van der Waals surface area contributed by atoms with Gasteiger partial charge in [0.05, 0.1) is 13.0 Å². The number of aliphatic carboxylic acids is 1. The van der Waals surface area contributed by atoms with Gasteiger partial charge in [-0.1, -0.05) is 42.8 Å². The maximum Gasteiger partial charge on any atom is 0.307 e. The third-order valence-electron chi connectivity index (χ3n) is 4.02. The summed E-state index contributed by atoms with van der Waals surface area (Å²) in [4.78, 5) is 11.1. The fourth-order valence-electron chi connectivity index (χ4n) is 2.79. The topological polar surface area (TPSA) is 55.8 Å². The summed E-state index contributed by atoms with van der Waals surface area (Å²) in [6.45, 7) is 2.57. The van der Waals surface area contributed by atoms with Gasteiger partial charge in [0.2, 0.25) is 0 Å². The van der Waals surface area contributed by atoms with Crippen molar-refractivity contribution in [2.75, 3.05) is 6.61 Å². The quantitative estimate of drug-likeness (QED) is 0.491. The van der Waals surface area contributed by atoms with E-state index in [0.29, 0.717) is 34.4 Å². The number of rotatable bonds is 8. The first-order chi connectivity index (χ1) is 13.5. The molecule has 0 aromatic heterocycles. The molecule has 3 aromatic rings. The Morgan fingerprint density at radius 3 is 2.39 bits per heavy atom. The van der Waals surface area contributed by atoms with Gasteiger partial charge >= 0.3 is 5.97 Å². The standard InChI is InChI=1S/C23H21ClO4/c1-2-10-27-21-11-16(13-23(25)26)12-22(15-21)28-20-5-3-4-18(14-20)17-6-8-19(24)9-7-17/h3-9,11-12,14-15H,2,10,13H2,1H3,(H,25,26). The smallest absolute Gasteiger partial charge is 0.307 e. The normalized spacial score (nSPS) is 10.5. The minimum atomic E-state index is -0.900. The van der Waals surface area contributed by atoms with Crippen molar-refractivity contribution in [1.29, 1.82) is 0 Å². The van der Waals surface area contributed by atoms with Crippen LogP contribution in [-0.2, 0) is 11.2 Å². The Bertz CT molecular complexity index is 951. The molecule has 0 amide bonds. The zero-order valence-electron chi connectivity index (χ0n) is 15.5. The second-order valence-electron chi connectivity index (χ2n) is 6.37. The number of halogens is 1. The van der Waals surface area contributed by atoms with Gasteiger partial charge in [-0.05, 0) is 59.5 Å². The molecule has 5 heteroatoms. The predicted octanol–water partition coefficient (Wildman–Crippen LogP) is 6.22. The molecule has 0 saturated heterocycles. The molecule has 0 atom stereocenters. The van der Waals surface area contributed by atoms with Gasteiger partial charge in [0, 0.05) is 11.1 Å². The van der Waals surface area contributed by atoms with Gasteiger partial charge in [0.1, 0.15) is 17.2 Å². The van der Waals surface area contributed by atoms with Gasteiger partial charge in [0.25, 0.3) is 0 Å². The van der Waals surface area contributed by atoms with Gasteiger partial charge in [-0.15, -0.1) is 0 Å². The average Bonchev–Trinajstić information content (AvgIpc) is 2.66. The van der Waals surface area contributed by atoms with Crippen molar-refractivity contribution in [3.63, 3.8) is 0 Å². The lowest BCUT2D eigenvalue weighted by Crippen LogP contribution is -2.02. The molecule has 28 heavy (non-hydrogen) atoms. The van der Waals surface area contributed by atoms with Crippen LogP contribution in [0.2, 0.25) is 5.02 Å². The first-order valence-electron chi connectivity index (χ1n) is 9.06. The van der Waals surface area contributed by atoms with E-state index in [4.69, 9.17) is 26.2 Å². The number of carbonyl (C=O) groups is 1. The summed E-state index contributed by atoms with van der Waals surface area (Å²) < 4.78 is 11.7. The van der Waals surface area contributed by atoms with Crippen LogP contribution >= 0.6 is 11.6 Å². The Morgan fingerprint density at radius 1 is 0.929 bits per heavy atom. The summed E-state index contributed by atoms with van der Waals surface area (Å²) in [5.74, 6) is 0.896. The highest BCUT2D eigenvalue weighted by molar-refractivity contribution is 6.30. The lowest BCUT2D eigenvalue weighted by molar-refractivity contribution is -0.136. The molecule has 0 fully saturated rings. The molecule has 0 radical (unpaired) electrons. The number of hydrogen-bond donors (Lipinski definition) is 1. The van der Waals surface area contributed by atoms with E-state index in [2.05, 4.69) is 0 Å². The summed E-state index contributed by atoms with van der Waals surface area (Å²) in [6, 6.07) is 20.5. The van der Waals surface area contributed by atoms with Crippen molar-refractivity contribution >= 4 is 17.6 Å². The summed E-state index contributed by atoms with van der Waals surface area (Å²) in [7, 11) is 0. The number of carboxylic acid groups (broad SMARTS) is 1. The number of benzene rings is 3. The Balaban J connectivity index is 1.86. The third kappa shape index (κ3) is 5.51. The largest absolute Gasteiger partial charge is 0.493 e. The van der Waals surface area contributed by atoms with E-state index >= 15 is 0 Å². The molecule has 0 bridgehead atoms. The summed E-state index contributed by atoms with van der Waals surface area (Å²) in [6.07, 6.45) is 0.771. The van der Waals surface area contributed by atoms with Crippen LogP contribution in [0.1, 0.15) is 18.9 Å². The number of carboxylic acids is 1. The van der Waals surface area contributed by atoms with E-state index in [-0.39, 0.29) is 6.42 Å². The molecule has 3 aromatic carbocycles. The van der Waals surface area contributed by atoms with Crippen LogP contribution in [0, 0.1) is 0 Å². The van der Waals surface area contributed by atoms with E-state index in [9.17, 15) is 4.79 Å². The minimum Gasteiger partial charge on any atom is -0.493 e. The number of hydrogen-bond acceptors (Lipinski definition) is 3. The van der Waals surface area contributed by atoms with Gasteiger partial charge in [-0.2, -0.15) is 0 Å². The van der Waals surface area contributed by atoms with Crippen molar-refractivity contribution in [3.05, 3.63) is 77.3 Å². The highest BCUT2D eigenvalue weighted by Crippen LogP contribution is 2.31. The highest BCUT2D eigenvalue weighted by Gasteiger charge is 2.09. The Morgan fingerprint density at radius 2 is 1.68 bits per heavy atom. The van der Waals surface area contributed by atoms with Crippen LogP contribution in [0.25, 0.3) is 11.1 Å². The Kier molecular flexibility index (Phi) is 6.56. The average molecular weight is 397 g/mol. The van der Waals surface area contributed by atoms with E-state index in [1.807, 2.05) is 55.5 Å². The molecule has 0 saturated carbocycles. The third-order valence-corrected chi connectivity index (χ3v) is 4.27. The lowest BCUT2D eigenvalue weighted by Gasteiger charge is -2.12. The molecular formula is C23H21ClO4. The number of ether oxygens (including phenoxy) is 2. The van der Waals surface area contributed by atoms with E-state index in [1.165, 1.54) is 0 Å². The second kappa shape index (κ2) is 9.29. The van der Waals surface area contributed by atoms with Crippen molar-refractivity contribution in [2.24, 2.45) is 0 Å². The van der Waals surface area contributed by atoms with Crippen LogP contribution in [0.15, 0.2) is 66.7 Å². The summed E-state index contributed by atoms with van der Waals surface area (Å²) >= 11 is 5.96. The molecule has 0 aliphatic carbocycles. The monoisotopic (exact) mass is 396 g/mol. The first-order valence-corrected chi connectivity index (χ1v) is 9.43. The van der Waals surface area contributed by atoms with Crippen LogP contribution in [-0.4, -0.2) is 17.7 Å². The lowest BCUT2D eigenvalue weighted by atomic mass is 10.1. The molecule has 0 heterocycles. The van der Waals surface area contributed by atoms with Crippen LogP contribution in [0.4, 0.5) is 0 Å². The molecule has 1 N–H and O–H groups in total. The van der Waals surface area contributed by atoms with Gasteiger partial charge in [-0.3, -0.25) is 4.79 Å². The van der Waals surface area contributed by atoms with Crippen molar-refractivity contribution in [2.45, 2.75) is 19.8 Å². The van der Waals surface area contributed by atoms with Crippen LogP contribution in [0.5, 0.6) is 17.2 Å². The molecule has 3 rings (SSSR count). The fourth-order valence-corrected chi connectivity index (χ4v) is 2.91. The van der Waals surface area contributed by atoms with E-state index in [1.54, 1.807) is 18.2 Å². The van der Waals surface area contributed by atoms with E-state index < -0.39 is 5.97 Å². The minimum absolute atomic E-state index is 0.0928. The zero-order valence-corrected chi connectivity index (χ0v) is 16.3. The first kappa shape index (κ1) is 19.8. The molecular weight excluding hydrogens is 376 g/mol. The SMILES string of the molecule is CCCOc1cc(CC(=O)O)cc(Oc2cccc(-c3ccc(Cl)cc3)c2)c1. The Hall–Kier alpha value is -2.98. The van der Waals surface area contributed by atoms with Crippen molar-refractivity contribution < 1.29 is 19.4 Å². The maximum atomic E-state index is 11.1. The zero-order chi connectivity index (χ0) is 19.9. The predicted molar refractivity (Wildman–Crippen MR) is 111 cm³/mol. The van der Waals surface area contributed by atoms with Crippen LogP contribution < -0.4 is 9.47 Å². The second-order valence-corrected chi connectivity index (χ2v) is 6.80. The molecule has 0 aliphatic rings. The van der Waals surface area contributed by atoms with Crippen LogP contribution in [0.3, 0.4) is 0 Å². The van der Waals surface area contributed by atoms with Gasteiger partial charge in [-0.25, -0.2) is 0 Å².